The van der Waals surface area contributed by atoms with Gasteiger partial charge in [-0.1, -0.05) is 35.9 Å². The summed E-state index contributed by atoms with van der Waals surface area (Å²) in [6.45, 7) is -0.434. The van der Waals surface area contributed by atoms with Gasteiger partial charge in [0.15, 0.2) is 6.61 Å². The van der Waals surface area contributed by atoms with Crippen LogP contribution in [0.2, 0.25) is 5.02 Å². The van der Waals surface area contributed by atoms with Gasteiger partial charge in [-0.25, -0.2) is 9.18 Å². The Labute approximate surface area is 156 Å². The number of benzene rings is 2. The molecule has 6 heteroatoms. The van der Waals surface area contributed by atoms with Crippen molar-refractivity contribution in [3.63, 3.8) is 0 Å². The van der Waals surface area contributed by atoms with Crippen LogP contribution in [0.3, 0.4) is 0 Å². The molecule has 0 aromatic heterocycles. The predicted octanol–water partition coefficient (Wildman–Crippen LogP) is 4.17. The van der Waals surface area contributed by atoms with E-state index in [2.05, 4.69) is 6.07 Å². The minimum absolute atomic E-state index is 0.0431. The van der Waals surface area contributed by atoms with E-state index in [-0.39, 0.29) is 22.5 Å². The van der Waals surface area contributed by atoms with E-state index in [1.807, 2.05) is 18.2 Å². The minimum atomic E-state index is -0.884. The Balaban J connectivity index is 1.64. The van der Waals surface area contributed by atoms with Crippen molar-refractivity contribution in [1.29, 1.82) is 0 Å². The highest BCUT2D eigenvalue weighted by Crippen LogP contribution is 2.33. The van der Waals surface area contributed by atoms with Crippen molar-refractivity contribution in [2.45, 2.75) is 25.3 Å². The Morgan fingerprint density at radius 2 is 2.04 bits per heavy atom. The molecule has 0 N–H and O–H groups in total. The smallest absolute Gasteiger partial charge is 0.341 e. The number of hydrogen-bond donors (Lipinski definition) is 0. The van der Waals surface area contributed by atoms with Crippen molar-refractivity contribution < 1.29 is 18.7 Å². The van der Waals surface area contributed by atoms with E-state index in [1.165, 1.54) is 17.7 Å². The fraction of sp³-hybridized carbons (Fsp3) is 0.300. The highest BCUT2D eigenvalue weighted by Gasteiger charge is 2.27. The van der Waals surface area contributed by atoms with E-state index in [0.29, 0.717) is 0 Å². The fourth-order valence-electron chi connectivity index (χ4n) is 3.27. The summed E-state index contributed by atoms with van der Waals surface area (Å²) in [4.78, 5) is 26.1. The van der Waals surface area contributed by atoms with Crippen LogP contribution in [0.1, 0.15) is 40.4 Å². The molecule has 1 aliphatic carbocycles. The molecule has 1 amide bonds. The molecule has 4 nitrogen and oxygen atoms in total. The summed E-state index contributed by atoms with van der Waals surface area (Å²) in [7, 11) is 1.70. The van der Waals surface area contributed by atoms with Crippen molar-refractivity contribution in [2.24, 2.45) is 0 Å². The van der Waals surface area contributed by atoms with Gasteiger partial charge in [-0.15, -0.1) is 0 Å². The van der Waals surface area contributed by atoms with Gasteiger partial charge < -0.3 is 9.64 Å². The lowest BCUT2D eigenvalue weighted by Crippen LogP contribution is -2.36. The van der Waals surface area contributed by atoms with E-state index in [1.54, 1.807) is 11.9 Å². The number of hydrogen-bond acceptors (Lipinski definition) is 3. The number of nitrogens with zero attached hydrogens (tertiary/aromatic N) is 1. The van der Waals surface area contributed by atoms with Crippen molar-refractivity contribution in [3.8, 4) is 0 Å². The number of esters is 1. The van der Waals surface area contributed by atoms with E-state index >= 15 is 0 Å². The van der Waals surface area contributed by atoms with Crippen LogP contribution >= 0.6 is 11.6 Å². The molecular formula is C20H19ClFNO3. The predicted molar refractivity (Wildman–Crippen MR) is 96.6 cm³/mol. The Hall–Kier alpha value is -2.40. The SMILES string of the molecule is CN(C(=O)COC(=O)c1ccc(Cl)cc1F)[C@H]1CCCc2ccccc21. The zero-order chi connectivity index (χ0) is 18.7. The lowest BCUT2D eigenvalue weighted by atomic mass is 9.87. The number of fused-ring (bicyclic) bond motifs is 1. The maximum absolute atomic E-state index is 13.8. The second-order valence-electron chi connectivity index (χ2n) is 6.31. The molecule has 0 fully saturated rings. The largest absolute Gasteiger partial charge is 0.452 e. The molecule has 2 aromatic carbocycles. The molecule has 0 unspecified atom stereocenters. The maximum atomic E-state index is 13.8. The van der Waals surface area contributed by atoms with Gasteiger partial charge in [0.1, 0.15) is 5.82 Å². The highest BCUT2D eigenvalue weighted by atomic mass is 35.5. The van der Waals surface area contributed by atoms with Crippen LogP contribution in [0.15, 0.2) is 42.5 Å². The van der Waals surface area contributed by atoms with Gasteiger partial charge in [-0.3, -0.25) is 4.79 Å². The summed E-state index contributed by atoms with van der Waals surface area (Å²) in [5, 5.41) is 0.186. The molecule has 0 spiro atoms. The summed E-state index contributed by atoms with van der Waals surface area (Å²) in [6.07, 6.45) is 2.85. The highest BCUT2D eigenvalue weighted by molar-refractivity contribution is 6.30. The first-order chi connectivity index (χ1) is 12.5. The van der Waals surface area contributed by atoms with Crippen LogP contribution in [-0.4, -0.2) is 30.4 Å². The van der Waals surface area contributed by atoms with E-state index in [0.717, 1.165) is 30.9 Å². The van der Waals surface area contributed by atoms with E-state index < -0.39 is 18.4 Å². The molecule has 0 heterocycles. The second-order valence-corrected chi connectivity index (χ2v) is 6.75. The number of halogens is 2. The Bertz CT molecular complexity index is 840. The van der Waals surface area contributed by atoms with Gasteiger partial charge in [0.2, 0.25) is 0 Å². The zero-order valence-electron chi connectivity index (χ0n) is 14.4. The molecule has 3 rings (SSSR count). The number of aryl methyl sites for hydroxylation is 1. The minimum Gasteiger partial charge on any atom is -0.452 e. The van der Waals surface area contributed by atoms with Crippen LogP contribution in [0.25, 0.3) is 0 Å². The molecule has 0 aliphatic heterocycles. The summed E-state index contributed by atoms with van der Waals surface area (Å²) in [5.74, 6) is -1.98. The van der Waals surface area contributed by atoms with Crippen molar-refractivity contribution in [3.05, 3.63) is 70.0 Å². The summed E-state index contributed by atoms with van der Waals surface area (Å²) < 4.78 is 18.8. The summed E-state index contributed by atoms with van der Waals surface area (Å²) >= 11 is 5.67. The Morgan fingerprint density at radius 3 is 2.81 bits per heavy atom. The van der Waals surface area contributed by atoms with Gasteiger partial charge in [0.25, 0.3) is 5.91 Å². The first kappa shape index (κ1) is 18.4. The Kier molecular flexibility index (Phi) is 5.57. The third-order valence-electron chi connectivity index (χ3n) is 4.68. The fourth-order valence-corrected chi connectivity index (χ4v) is 3.43. The Morgan fingerprint density at radius 1 is 1.27 bits per heavy atom. The summed E-state index contributed by atoms with van der Waals surface area (Å²) in [5.41, 5.74) is 2.13. The first-order valence-electron chi connectivity index (χ1n) is 8.43. The number of carbonyl (C=O) groups is 2. The van der Waals surface area contributed by atoms with Gasteiger partial charge in [-0.2, -0.15) is 0 Å². The second kappa shape index (κ2) is 7.87. The monoisotopic (exact) mass is 375 g/mol. The lowest BCUT2D eigenvalue weighted by molar-refractivity contribution is -0.135. The quantitative estimate of drug-likeness (QED) is 0.753. The molecule has 0 saturated carbocycles. The van der Waals surface area contributed by atoms with Crippen molar-refractivity contribution in [1.82, 2.24) is 4.90 Å². The third kappa shape index (κ3) is 3.88. The maximum Gasteiger partial charge on any atom is 0.341 e. The first-order valence-corrected chi connectivity index (χ1v) is 8.81. The number of rotatable bonds is 4. The number of carbonyl (C=O) groups excluding carboxylic acids is 2. The van der Waals surface area contributed by atoms with Gasteiger partial charge in [0, 0.05) is 12.1 Å². The van der Waals surface area contributed by atoms with Crippen LogP contribution in [0, 0.1) is 5.82 Å². The molecule has 1 atom stereocenters. The average molecular weight is 376 g/mol. The molecule has 2 aromatic rings. The number of ether oxygens (including phenoxy) is 1. The molecular weight excluding hydrogens is 357 g/mol. The topological polar surface area (TPSA) is 46.6 Å². The van der Waals surface area contributed by atoms with E-state index in [9.17, 15) is 14.0 Å². The third-order valence-corrected chi connectivity index (χ3v) is 4.91. The number of amides is 1. The molecule has 0 bridgehead atoms. The van der Waals surface area contributed by atoms with E-state index in [4.69, 9.17) is 16.3 Å². The molecule has 136 valence electrons. The lowest BCUT2D eigenvalue weighted by Gasteiger charge is -2.33. The normalized spacial score (nSPS) is 15.9. The molecule has 0 saturated heterocycles. The van der Waals surface area contributed by atoms with Crippen LogP contribution < -0.4 is 0 Å². The van der Waals surface area contributed by atoms with Crippen molar-refractivity contribution in [2.75, 3.05) is 13.7 Å². The average Bonchev–Trinajstić information content (AvgIpc) is 2.64. The van der Waals surface area contributed by atoms with Gasteiger partial charge >= 0.3 is 5.97 Å². The number of likely N-dealkylation sites (N-methyl/N-ethyl adjacent to an activating group) is 1. The molecule has 26 heavy (non-hydrogen) atoms. The van der Waals surface area contributed by atoms with Crippen LogP contribution in [0.5, 0.6) is 0 Å². The van der Waals surface area contributed by atoms with Gasteiger partial charge in [0.05, 0.1) is 11.6 Å². The standard InChI is InChI=1S/C20H19ClFNO3/c1-23(18-8-4-6-13-5-2-3-7-15(13)18)19(24)12-26-20(25)16-10-9-14(21)11-17(16)22/h2-3,5,7,9-11,18H,4,6,8,12H2,1H3/t18-/m0/s1. The van der Waals surface area contributed by atoms with Crippen LogP contribution in [0.4, 0.5) is 4.39 Å². The zero-order valence-corrected chi connectivity index (χ0v) is 15.1. The molecule has 0 radical (unpaired) electrons. The van der Waals surface area contributed by atoms with Crippen molar-refractivity contribution >= 4 is 23.5 Å². The molecule has 1 aliphatic rings. The van der Waals surface area contributed by atoms with Crippen LogP contribution in [-0.2, 0) is 16.0 Å². The summed E-state index contributed by atoms with van der Waals surface area (Å²) in [6, 6.07) is 11.7. The van der Waals surface area contributed by atoms with Gasteiger partial charge in [-0.05, 0) is 48.6 Å².